The lowest BCUT2D eigenvalue weighted by atomic mass is 10.2. The van der Waals surface area contributed by atoms with Crippen molar-refractivity contribution < 1.29 is 18.1 Å². The second kappa shape index (κ2) is 8.64. The van der Waals surface area contributed by atoms with Crippen LogP contribution in [0.15, 0.2) is 41.3 Å². The molecule has 2 aromatic carbocycles. The van der Waals surface area contributed by atoms with Gasteiger partial charge in [0.1, 0.15) is 4.90 Å². The quantitative estimate of drug-likeness (QED) is 0.410. The summed E-state index contributed by atoms with van der Waals surface area (Å²) in [6, 6.07) is 8.20. The van der Waals surface area contributed by atoms with Crippen LogP contribution in [0.4, 0.5) is 10.8 Å². The highest BCUT2D eigenvalue weighted by Crippen LogP contribution is 2.30. The molecule has 9 nitrogen and oxygen atoms in total. The Morgan fingerprint density at radius 3 is 2.57 bits per heavy atom. The molecule has 30 heavy (non-hydrogen) atoms. The summed E-state index contributed by atoms with van der Waals surface area (Å²) >= 11 is 7.17. The Hall–Kier alpha value is -2.60. The molecule has 0 unspecified atom stereocenters. The van der Waals surface area contributed by atoms with Gasteiger partial charge in [-0.2, -0.15) is 4.31 Å². The van der Waals surface area contributed by atoms with Crippen molar-refractivity contribution in [2.75, 3.05) is 18.4 Å². The number of benzene rings is 2. The smallest absolute Gasteiger partial charge is 0.270 e. The van der Waals surface area contributed by atoms with E-state index in [2.05, 4.69) is 10.3 Å². The van der Waals surface area contributed by atoms with Gasteiger partial charge in [0.05, 0.1) is 20.2 Å². The van der Waals surface area contributed by atoms with Crippen molar-refractivity contribution in [3.63, 3.8) is 0 Å². The van der Waals surface area contributed by atoms with Crippen LogP contribution in [0.1, 0.15) is 24.2 Å². The van der Waals surface area contributed by atoms with Gasteiger partial charge in [-0.1, -0.05) is 36.8 Å². The van der Waals surface area contributed by atoms with Gasteiger partial charge in [0.15, 0.2) is 5.13 Å². The first-order chi connectivity index (χ1) is 14.2. The molecular formula is C18H17ClN4O5S2. The molecule has 0 aliphatic heterocycles. The third-order valence-corrected chi connectivity index (χ3v) is 7.78. The van der Waals surface area contributed by atoms with Crippen LogP contribution in [-0.4, -0.2) is 41.6 Å². The van der Waals surface area contributed by atoms with Crippen molar-refractivity contribution in [2.45, 2.75) is 18.7 Å². The summed E-state index contributed by atoms with van der Waals surface area (Å²) in [5.41, 5.74) is 0.519. The number of anilines is 1. The van der Waals surface area contributed by atoms with E-state index in [1.54, 1.807) is 13.8 Å². The van der Waals surface area contributed by atoms with Crippen LogP contribution in [0.2, 0.25) is 5.02 Å². The minimum Gasteiger partial charge on any atom is -0.298 e. The van der Waals surface area contributed by atoms with E-state index in [-0.39, 0.29) is 39.4 Å². The molecule has 0 bridgehead atoms. The molecule has 1 heterocycles. The summed E-state index contributed by atoms with van der Waals surface area (Å²) < 4.78 is 27.4. The fourth-order valence-corrected chi connectivity index (χ4v) is 5.65. The zero-order valence-corrected chi connectivity index (χ0v) is 18.3. The molecule has 1 aromatic heterocycles. The number of rotatable bonds is 7. The number of aromatic nitrogens is 1. The van der Waals surface area contributed by atoms with Gasteiger partial charge in [-0.3, -0.25) is 20.2 Å². The van der Waals surface area contributed by atoms with Crippen LogP contribution < -0.4 is 5.32 Å². The van der Waals surface area contributed by atoms with Crippen LogP contribution in [0, 0.1) is 10.1 Å². The van der Waals surface area contributed by atoms with Crippen LogP contribution >= 0.6 is 22.9 Å². The number of nitrogens with zero attached hydrogens (tertiary/aromatic N) is 3. The lowest BCUT2D eigenvalue weighted by Gasteiger charge is -2.19. The van der Waals surface area contributed by atoms with Crippen molar-refractivity contribution in [2.24, 2.45) is 0 Å². The molecule has 0 saturated carbocycles. The fourth-order valence-electron chi connectivity index (χ4n) is 2.79. The summed E-state index contributed by atoms with van der Waals surface area (Å²) in [5.74, 6) is -0.573. The number of halogens is 1. The lowest BCUT2D eigenvalue weighted by Crippen LogP contribution is -2.31. The van der Waals surface area contributed by atoms with Gasteiger partial charge in [-0.25, -0.2) is 13.4 Å². The molecule has 1 N–H and O–H groups in total. The number of carbonyl (C=O) groups excluding carboxylic acids is 1. The number of nitrogens with one attached hydrogen (secondary N) is 1. The normalized spacial score (nSPS) is 11.7. The fraction of sp³-hybridized carbons (Fsp3) is 0.222. The van der Waals surface area contributed by atoms with Gasteiger partial charge in [-0.15, -0.1) is 0 Å². The summed E-state index contributed by atoms with van der Waals surface area (Å²) in [6.45, 7) is 3.96. The first kappa shape index (κ1) is 22.1. The van der Waals surface area contributed by atoms with E-state index in [0.717, 1.165) is 11.3 Å². The van der Waals surface area contributed by atoms with Gasteiger partial charge >= 0.3 is 0 Å². The number of nitro groups is 1. The molecule has 0 spiro atoms. The van der Waals surface area contributed by atoms with E-state index in [0.29, 0.717) is 10.2 Å². The number of thiazole rings is 1. The minimum absolute atomic E-state index is 0.0192. The van der Waals surface area contributed by atoms with Crippen molar-refractivity contribution in [3.8, 4) is 0 Å². The molecule has 158 valence electrons. The van der Waals surface area contributed by atoms with Crippen LogP contribution in [0.5, 0.6) is 0 Å². The SMILES string of the molecule is CCN(CC)S(=O)(=O)c1cc(C(=O)Nc2nc3ccc([N+](=O)[O-])cc3s2)ccc1Cl. The topological polar surface area (TPSA) is 123 Å². The maximum atomic E-state index is 12.8. The molecule has 0 aliphatic carbocycles. The maximum Gasteiger partial charge on any atom is 0.270 e. The second-order valence-electron chi connectivity index (χ2n) is 6.12. The van der Waals surface area contributed by atoms with E-state index in [1.165, 1.54) is 40.7 Å². The second-order valence-corrected chi connectivity index (χ2v) is 9.46. The van der Waals surface area contributed by atoms with Crippen LogP contribution in [0.25, 0.3) is 10.2 Å². The van der Waals surface area contributed by atoms with Gasteiger partial charge in [-0.05, 0) is 24.3 Å². The zero-order valence-electron chi connectivity index (χ0n) is 16.0. The molecule has 3 rings (SSSR count). The molecule has 1 amide bonds. The van der Waals surface area contributed by atoms with Gasteiger partial charge in [0.25, 0.3) is 11.6 Å². The Bertz CT molecular complexity index is 1240. The lowest BCUT2D eigenvalue weighted by molar-refractivity contribution is -0.384. The average Bonchev–Trinajstić information content (AvgIpc) is 3.10. The van der Waals surface area contributed by atoms with E-state index in [9.17, 15) is 23.3 Å². The minimum atomic E-state index is -3.85. The van der Waals surface area contributed by atoms with E-state index >= 15 is 0 Å². The Balaban J connectivity index is 1.91. The number of nitro benzene ring substituents is 1. The number of sulfonamides is 1. The standard InChI is InChI=1S/C18H17ClN4O5S2/c1-3-22(4-2)30(27,28)16-9-11(5-7-13(16)19)17(24)21-18-20-14-8-6-12(23(25)26)10-15(14)29-18/h5-10H,3-4H2,1-2H3,(H,20,21,24). The average molecular weight is 469 g/mol. The highest BCUT2D eigenvalue weighted by Gasteiger charge is 2.25. The van der Waals surface area contributed by atoms with Crippen LogP contribution in [0.3, 0.4) is 0 Å². The summed E-state index contributed by atoms with van der Waals surface area (Å²) in [6.07, 6.45) is 0. The van der Waals surface area contributed by atoms with E-state index in [1.807, 2.05) is 0 Å². The van der Waals surface area contributed by atoms with Gasteiger partial charge in [0, 0.05) is 30.8 Å². The van der Waals surface area contributed by atoms with Gasteiger partial charge < -0.3 is 0 Å². The highest BCUT2D eigenvalue weighted by molar-refractivity contribution is 7.89. The monoisotopic (exact) mass is 468 g/mol. The number of non-ortho nitro benzene ring substituents is 1. The molecule has 3 aromatic rings. The Labute approximate surface area is 181 Å². The number of fused-ring (bicyclic) bond motifs is 1. The highest BCUT2D eigenvalue weighted by atomic mass is 35.5. The molecule has 0 radical (unpaired) electrons. The summed E-state index contributed by atoms with van der Waals surface area (Å²) in [7, 11) is -3.85. The summed E-state index contributed by atoms with van der Waals surface area (Å²) in [5, 5.41) is 13.8. The van der Waals surface area contributed by atoms with E-state index in [4.69, 9.17) is 11.6 Å². The number of carbonyl (C=O) groups is 1. The Morgan fingerprint density at radius 2 is 1.93 bits per heavy atom. The number of hydrogen-bond donors (Lipinski definition) is 1. The van der Waals surface area contributed by atoms with Crippen molar-refractivity contribution in [1.82, 2.24) is 9.29 Å². The Morgan fingerprint density at radius 1 is 1.23 bits per heavy atom. The predicted octanol–water partition coefficient (Wildman–Crippen LogP) is 4.14. The third-order valence-electron chi connectivity index (χ3n) is 4.32. The number of hydrogen-bond acceptors (Lipinski definition) is 7. The molecule has 0 atom stereocenters. The molecule has 0 fully saturated rings. The molecular weight excluding hydrogens is 452 g/mol. The van der Waals surface area contributed by atoms with E-state index < -0.39 is 20.9 Å². The van der Waals surface area contributed by atoms with Crippen molar-refractivity contribution in [1.29, 1.82) is 0 Å². The number of amides is 1. The molecule has 0 saturated heterocycles. The largest absolute Gasteiger partial charge is 0.298 e. The first-order valence-corrected chi connectivity index (χ1v) is 11.5. The first-order valence-electron chi connectivity index (χ1n) is 8.83. The zero-order chi connectivity index (χ0) is 22.1. The van der Waals surface area contributed by atoms with Crippen molar-refractivity contribution in [3.05, 3.63) is 57.1 Å². The Kier molecular flexibility index (Phi) is 6.36. The molecule has 0 aliphatic rings. The molecule has 12 heteroatoms. The van der Waals surface area contributed by atoms with Crippen LogP contribution in [-0.2, 0) is 10.0 Å². The summed E-state index contributed by atoms with van der Waals surface area (Å²) in [4.78, 5) is 27.1. The maximum absolute atomic E-state index is 12.8. The predicted molar refractivity (Wildman–Crippen MR) is 116 cm³/mol. The third kappa shape index (κ3) is 4.29. The van der Waals surface area contributed by atoms with Crippen molar-refractivity contribution >= 4 is 59.9 Å². The van der Waals surface area contributed by atoms with Gasteiger partial charge in [0.2, 0.25) is 10.0 Å².